The molecule has 0 heterocycles. The molecule has 4 aliphatic carbocycles. The van der Waals surface area contributed by atoms with E-state index >= 15 is 0 Å². The van der Waals surface area contributed by atoms with Crippen LogP contribution < -0.4 is 11.3 Å². The molecule has 4 saturated carbocycles. The Morgan fingerprint density at radius 3 is 2.18 bits per heavy atom. The van der Waals surface area contributed by atoms with Gasteiger partial charge in [-0.3, -0.25) is 11.3 Å². The van der Waals surface area contributed by atoms with Crippen LogP contribution in [0.5, 0.6) is 0 Å². The molecule has 94 valence electrons. The third-order valence-corrected chi connectivity index (χ3v) is 5.58. The summed E-state index contributed by atoms with van der Waals surface area (Å²) >= 11 is 0. The van der Waals surface area contributed by atoms with Gasteiger partial charge >= 0.3 is 0 Å². The van der Waals surface area contributed by atoms with Crippen molar-refractivity contribution in [2.75, 3.05) is 0 Å². The number of rotatable bonds is 4. The summed E-state index contributed by atoms with van der Waals surface area (Å²) in [6.07, 6.45) is 14.7. The topological polar surface area (TPSA) is 38.0 Å². The molecule has 0 saturated heterocycles. The first kappa shape index (κ1) is 11.6. The first-order valence-corrected chi connectivity index (χ1v) is 7.21. The van der Waals surface area contributed by atoms with Gasteiger partial charge in [-0.15, -0.1) is 12.3 Å². The number of terminal acetylenes is 1. The second-order valence-electron chi connectivity index (χ2n) is 6.52. The van der Waals surface area contributed by atoms with Gasteiger partial charge in [-0.05, 0) is 68.1 Å². The fraction of sp³-hybridized carbons (Fsp3) is 0.867. The molecule has 4 bridgehead atoms. The molecule has 2 heteroatoms. The van der Waals surface area contributed by atoms with Crippen molar-refractivity contribution < 1.29 is 0 Å². The largest absolute Gasteiger partial charge is 0.271 e. The van der Waals surface area contributed by atoms with Gasteiger partial charge < -0.3 is 0 Å². The molecule has 4 rings (SSSR count). The van der Waals surface area contributed by atoms with Crippen molar-refractivity contribution in [2.24, 2.45) is 35.4 Å². The van der Waals surface area contributed by atoms with E-state index in [1.165, 1.54) is 32.1 Å². The molecule has 0 amide bonds. The predicted molar refractivity (Wildman–Crippen MR) is 69.7 cm³/mol. The lowest BCUT2D eigenvalue weighted by Gasteiger charge is -2.56. The Hall–Kier alpha value is -0.520. The number of hydrogen-bond acceptors (Lipinski definition) is 2. The molecule has 2 nitrogen and oxygen atoms in total. The summed E-state index contributed by atoms with van der Waals surface area (Å²) in [5.41, 5.74) is 3.07. The molecule has 0 aromatic carbocycles. The zero-order chi connectivity index (χ0) is 11.8. The Balaban J connectivity index is 1.72. The molecule has 1 atom stereocenters. The second kappa shape index (κ2) is 4.63. The summed E-state index contributed by atoms with van der Waals surface area (Å²) in [6, 6.07) is 0.459. The van der Waals surface area contributed by atoms with E-state index in [4.69, 9.17) is 12.3 Å². The van der Waals surface area contributed by atoms with Crippen LogP contribution in [0.2, 0.25) is 0 Å². The normalized spacial score (nSPS) is 44.6. The van der Waals surface area contributed by atoms with Crippen molar-refractivity contribution in [1.82, 2.24) is 5.43 Å². The second-order valence-corrected chi connectivity index (χ2v) is 6.52. The molecule has 0 aromatic rings. The van der Waals surface area contributed by atoms with Crippen LogP contribution >= 0.6 is 0 Å². The van der Waals surface area contributed by atoms with Crippen molar-refractivity contribution in [2.45, 2.75) is 51.0 Å². The summed E-state index contributed by atoms with van der Waals surface area (Å²) in [5.74, 6) is 13.3. The molecule has 4 aliphatic rings. The fourth-order valence-corrected chi connectivity index (χ4v) is 5.25. The van der Waals surface area contributed by atoms with E-state index in [9.17, 15) is 0 Å². The summed E-state index contributed by atoms with van der Waals surface area (Å²) < 4.78 is 0. The highest BCUT2D eigenvalue weighted by Crippen LogP contribution is 2.57. The van der Waals surface area contributed by atoms with E-state index in [2.05, 4.69) is 11.3 Å². The maximum absolute atomic E-state index is 5.77. The van der Waals surface area contributed by atoms with Gasteiger partial charge in [0.1, 0.15) is 0 Å². The highest BCUT2D eigenvalue weighted by atomic mass is 15.2. The minimum Gasteiger partial charge on any atom is -0.271 e. The quantitative estimate of drug-likeness (QED) is 0.443. The molecule has 0 spiro atoms. The van der Waals surface area contributed by atoms with Crippen LogP contribution in [0.15, 0.2) is 0 Å². The third-order valence-electron chi connectivity index (χ3n) is 5.58. The van der Waals surface area contributed by atoms with Gasteiger partial charge in [0.25, 0.3) is 0 Å². The number of nitrogens with one attached hydrogen (secondary N) is 1. The summed E-state index contributed by atoms with van der Waals surface area (Å²) in [7, 11) is 0. The van der Waals surface area contributed by atoms with Crippen molar-refractivity contribution in [3.05, 3.63) is 0 Å². The van der Waals surface area contributed by atoms with E-state index in [1.807, 2.05) is 0 Å². The maximum Gasteiger partial charge on any atom is 0.0253 e. The molecular weight excluding hydrogens is 208 g/mol. The molecule has 17 heavy (non-hydrogen) atoms. The van der Waals surface area contributed by atoms with Crippen LogP contribution in [-0.2, 0) is 0 Å². The molecule has 0 radical (unpaired) electrons. The third kappa shape index (κ3) is 2.00. The fourth-order valence-electron chi connectivity index (χ4n) is 5.25. The van der Waals surface area contributed by atoms with Crippen LogP contribution in [-0.4, -0.2) is 6.04 Å². The average molecular weight is 232 g/mol. The highest BCUT2D eigenvalue weighted by Gasteiger charge is 2.50. The van der Waals surface area contributed by atoms with Crippen LogP contribution in [0, 0.1) is 41.9 Å². The van der Waals surface area contributed by atoms with Crippen LogP contribution in [0.4, 0.5) is 0 Å². The van der Waals surface area contributed by atoms with Crippen molar-refractivity contribution >= 4 is 0 Å². The van der Waals surface area contributed by atoms with Crippen molar-refractivity contribution in [3.8, 4) is 12.3 Å². The Kier molecular flexibility index (Phi) is 3.15. The van der Waals surface area contributed by atoms with Crippen molar-refractivity contribution in [1.29, 1.82) is 0 Å². The number of nitrogens with two attached hydrogens (primary N) is 1. The summed E-state index contributed by atoms with van der Waals surface area (Å²) in [4.78, 5) is 0. The van der Waals surface area contributed by atoms with E-state index in [-0.39, 0.29) is 0 Å². The van der Waals surface area contributed by atoms with Crippen LogP contribution in [0.3, 0.4) is 0 Å². The number of hydrogen-bond donors (Lipinski definition) is 2. The monoisotopic (exact) mass is 232 g/mol. The molecule has 0 aromatic heterocycles. The Bertz CT molecular complexity index is 289. The predicted octanol–water partition coefficient (Wildman–Crippen LogP) is 2.30. The lowest BCUT2D eigenvalue weighted by atomic mass is 9.50. The first-order valence-electron chi connectivity index (χ1n) is 7.21. The maximum atomic E-state index is 5.77. The van der Waals surface area contributed by atoms with E-state index in [0.29, 0.717) is 6.04 Å². The van der Waals surface area contributed by atoms with Gasteiger partial charge in [-0.2, -0.15) is 0 Å². The minimum atomic E-state index is 0.459. The molecular formula is C15H24N2. The van der Waals surface area contributed by atoms with Gasteiger partial charge in [-0.1, -0.05) is 0 Å². The van der Waals surface area contributed by atoms with Gasteiger partial charge in [0, 0.05) is 12.5 Å². The van der Waals surface area contributed by atoms with E-state index in [1.54, 1.807) is 0 Å². The summed E-state index contributed by atoms with van der Waals surface area (Å²) in [6.45, 7) is 0. The Morgan fingerprint density at radius 2 is 1.71 bits per heavy atom. The van der Waals surface area contributed by atoms with Crippen LogP contribution in [0.1, 0.15) is 44.9 Å². The zero-order valence-corrected chi connectivity index (χ0v) is 10.6. The molecule has 1 unspecified atom stereocenters. The SMILES string of the molecule is C#CCCC(NN)C1C2CC3CC(C2)CC1C3. The van der Waals surface area contributed by atoms with Crippen LogP contribution in [0.25, 0.3) is 0 Å². The Labute approximate surface area is 105 Å². The lowest BCUT2D eigenvalue weighted by molar-refractivity contribution is -0.0527. The zero-order valence-electron chi connectivity index (χ0n) is 10.6. The smallest absolute Gasteiger partial charge is 0.0253 e. The van der Waals surface area contributed by atoms with Gasteiger partial charge in [0.05, 0.1) is 0 Å². The standard InChI is InChI=1S/C15H24N2/c1-2-3-4-14(17-16)15-12-6-10-5-11(8-12)9-13(15)7-10/h1,10-15,17H,3-9,16H2. The first-order chi connectivity index (χ1) is 8.31. The van der Waals surface area contributed by atoms with E-state index < -0.39 is 0 Å². The highest BCUT2D eigenvalue weighted by molar-refractivity contribution is 5.02. The van der Waals surface area contributed by atoms with E-state index in [0.717, 1.165) is 42.4 Å². The van der Waals surface area contributed by atoms with Gasteiger partial charge in [0.15, 0.2) is 0 Å². The van der Waals surface area contributed by atoms with Gasteiger partial charge in [-0.25, -0.2) is 0 Å². The minimum absolute atomic E-state index is 0.459. The number of hydrazine groups is 1. The average Bonchev–Trinajstić information content (AvgIpc) is 2.31. The molecule has 4 fully saturated rings. The Morgan fingerprint density at radius 1 is 1.12 bits per heavy atom. The van der Waals surface area contributed by atoms with Gasteiger partial charge in [0.2, 0.25) is 0 Å². The molecule has 3 N–H and O–H groups in total. The van der Waals surface area contributed by atoms with Crippen molar-refractivity contribution in [3.63, 3.8) is 0 Å². The summed E-state index contributed by atoms with van der Waals surface area (Å²) in [5, 5.41) is 0. The lowest BCUT2D eigenvalue weighted by Crippen LogP contribution is -2.54. The molecule has 0 aliphatic heterocycles.